The van der Waals surface area contributed by atoms with Crippen molar-refractivity contribution in [2.24, 2.45) is 5.92 Å². The molecule has 1 saturated carbocycles. The quantitative estimate of drug-likeness (QED) is 0.778. The molecule has 0 heterocycles. The molecule has 0 aromatic heterocycles. The number of aromatic hydroxyl groups is 1. The highest BCUT2D eigenvalue weighted by molar-refractivity contribution is 5.94. The van der Waals surface area contributed by atoms with Crippen LogP contribution in [0, 0.1) is 12.8 Å². The zero-order chi connectivity index (χ0) is 13.8. The summed E-state index contributed by atoms with van der Waals surface area (Å²) >= 11 is 0. The Morgan fingerprint density at radius 2 is 2.11 bits per heavy atom. The van der Waals surface area contributed by atoms with Gasteiger partial charge in [-0.2, -0.15) is 0 Å². The van der Waals surface area contributed by atoms with E-state index in [2.05, 4.69) is 5.32 Å². The number of phenolic OH excluding ortho intramolecular Hbond substituents is 1. The summed E-state index contributed by atoms with van der Waals surface area (Å²) in [7, 11) is 0. The molecule has 0 spiro atoms. The van der Waals surface area contributed by atoms with Crippen LogP contribution in [0.15, 0.2) is 18.2 Å². The van der Waals surface area contributed by atoms with Gasteiger partial charge in [0.15, 0.2) is 0 Å². The number of carbonyl (C=O) groups excluding carboxylic acids is 1. The van der Waals surface area contributed by atoms with E-state index >= 15 is 0 Å². The Hall–Kier alpha value is -1.55. The van der Waals surface area contributed by atoms with Gasteiger partial charge in [-0.05, 0) is 43.4 Å². The lowest BCUT2D eigenvalue weighted by Crippen LogP contribution is -2.35. The van der Waals surface area contributed by atoms with E-state index in [1.165, 1.54) is 18.9 Å². The summed E-state index contributed by atoms with van der Waals surface area (Å²) in [5, 5.41) is 22.3. The Morgan fingerprint density at radius 3 is 2.74 bits per heavy atom. The Bertz CT molecular complexity index is 453. The summed E-state index contributed by atoms with van der Waals surface area (Å²) in [6.45, 7) is 2.05. The van der Waals surface area contributed by atoms with E-state index in [0.717, 1.165) is 18.4 Å². The fourth-order valence-electron chi connectivity index (χ4n) is 2.56. The third-order valence-electron chi connectivity index (χ3n) is 3.89. The van der Waals surface area contributed by atoms with Crippen LogP contribution in [0.5, 0.6) is 5.75 Å². The smallest absolute Gasteiger partial charge is 0.251 e. The number of nitrogens with one attached hydrogen (secondary N) is 1. The molecule has 2 rings (SSSR count). The second kappa shape index (κ2) is 6.06. The summed E-state index contributed by atoms with van der Waals surface area (Å²) in [5.41, 5.74) is 1.16. The minimum absolute atomic E-state index is 0.115. The zero-order valence-electron chi connectivity index (χ0n) is 11.2. The van der Waals surface area contributed by atoms with E-state index in [-0.39, 0.29) is 18.2 Å². The van der Waals surface area contributed by atoms with Gasteiger partial charge in [-0.15, -0.1) is 0 Å². The Balaban J connectivity index is 1.88. The Morgan fingerprint density at radius 1 is 1.42 bits per heavy atom. The van der Waals surface area contributed by atoms with Gasteiger partial charge in [0.1, 0.15) is 5.75 Å². The van der Waals surface area contributed by atoms with Crippen LogP contribution in [-0.4, -0.2) is 28.8 Å². The molecule has 0 radical (unpaired) electrons. The molecule has 1 amide bonds. The van der Waals surface area contributed by atoms with Crippen molar-refractivity contribution in [3.63, 3.8) is 0 Å². The van der Waals surface area contributed by atoms with Crippen LogP contribution < -0.4 is 5.32 Å². The third-order valence-corrected chi connectivity index (χ3v) is 3.89. The number of benzene rings is 1. The minimum Gasteiger partial charge on any atom is -0.508 e. The van der Waals surface area contributed by atoms with Crippen molar-refractivity contribution in [3.8, 4) is 5.75 Å². The SMILES string of the molecule is Cc1ccc(C(=O)NC[C@H](O)C2CCCC2)cc1O. The molecule has 0 unspecified atom stereocenters. The fraction of sp³-hybridized carbons (Fsp3) is 0.533. The van der Waals surface area contributed by atoms with Crippen LogP contribution in [0.1, 0.15) is 41.6 Å². The molecule has 0 aliphatic heterocycles. The minimum atomic E-state index is -0.467. The van der Waals surface area contributed by atoms with Crippen molar-refractivity contribution in [1.82, 2.24) is 5.32 Å². The van der Waals surface area contributed by atoms with E-state index in [9.17, 15) is 15.0 Å². The molecular weight excluding hydrogens is 242 g/mol. The summed E-state index contributed by atoms with van der Waals surface area (Å²) in [6.07, 6.45) is 3.96. The standard InChI is InChI=1S/C15H21NO3/c1-10-6-7-12(8-13(10)17)15(19)16-9-14(18)11-4-2-3-5-11/h6-8,11,14,17-18H,2-5,9H2,1H3,(H,16,19)/t14-/m0/s1. The highest BCUT2D eigenvalue weighted by atomic mass is 16.3. The average Bonchev–Trinajstić information content (AvgIpc) is 2.92. The first kappa shape index (κ1) is 13.9. The van der Waals surface area contributed by atoms with Crippen LogP contribution in [0.2, 0.25) is 0 Å². The van der Waals surface area contributed by atoms with Gasteiger partial charge < -0.3 is 15.5 Å². The van der Waals surface area contributed by atoms with Crippen LogP contribution in [0.4, 0.5) is 0 Å². The maximum atomic E-state index is 11.9. The molecule has 4 heteroatoms. The molecule has 0 bridgehead atoms. The lowest BCUT2D eigenvalue weighted by Gasteiger charge is -2.18. The number of hydrogen-bond donors (Lipinski definition) is 3. The predicted octanol–water partition coefficient (Wildman–Crippen LogP) is 1.98. The van der Waals surface area contributed by atoms with Crippen molar-refractivity contribution < 1.29 is 15.0 Å². The molecular formula is C15H21NO3. The van der Waals surface area contributed by atoms with Crippen molar-refractivity contribution in [2.75, 3.05) is 6.54 Å². The topological polar surface area (TPSA) is 69.6 Å². The highest BCUT2D eigenvalue weighted by Crippen LogP contribution is 2.27. The molecule has 19 heavy (non-hydrogen) atoms. The van der Waals surface area contributed by atoms with E-state index in [4.69, 9.17) is 0 Å². The number of aliphatic hydroxyl groups is 1. The molecule has 1 aromatic carbocycles. The first-order valence-electron chi connectivity index (χ1n) is 6.84. The number of carbonyl (C=O) groups is 1. The molecule has 1 fully saturated rings. The number of phenols is 1. The van der Waals surface area contributed by atoms with Gasteiger partial charge in [-0.25, -0.2) is 0 Å². The van der Waals surface area contributed by atoms with Gasteiger partial charge in [-0.1, -0.05) is 18.9 Å². The Kier molecular flexibility index (Phi) is 4.43. The van der Waals surface area contributed by atoms with E-state index in [0.29, 0.717) is 11.5 Å². The van der Waals surface area contributed by atoms with Crippen molar-refractivity contribution in [3.05, 3.63) is 29.3 Å². The maximum absolute atomic E-state index is 11.9. The van der Waals surface area contributed by atoms with Gasteiger partial charge in [0, 0.05) is 12.1 Å². The van der Waals surface area contributed by atoms with Crippen molar-refractivity contribution in [2.45, 2.75) is 38.7 Å². The summed E-state index contributed by atoms with van der Waals surface area (Å²) in [6, 6.07) is 4.83. The summed E-state index contributed by atoms with van der Waals surface area (Å²) in [5.74, 6) is 0.169. The molecule has 1 aromatic rings. The number of aliphatic hydroxyl groups excluding tert-OH is 1. The molecule has 1 aliphatic carbocycles. The van der Waals surface area contributed by atoms with Gasteiger partial charge in [0.2, 0.25) is 0 Å². The average molecular weight is 263 g/mol. The van der Waals surface area contributed by atoms with E-state index in [1.807, 2.05) is 0 Å². The first-order valence-corrected chi connectivity index (χ1v) is 6.84. The molecule has 104 valence electrons. The van der Waals surface area contributed by atoms with E-state index < -0.39 is 6.10 Å². The van der Waals surface area contributed by atoms with E-state index in [1.54, 1.807) is 19.1 Å². The summed E-state index contributed by atoms with van der Waals surface area (Å²) in [4.78, 5) is 11.9. The number of amides is 1. The third kappa shape index (κ3) is 3.47. The number of hydrogen-bond acceptors (Lipinski definition) is 3. The molecule has 4 nitrogen and oxygen atoms in total. The van der Waals surface area contributed by atoms with Crippen molar-refractivity contribution in [1.29, 1.82) is 0 Å². The maximum Gasteiger partial charge on any atom is 0.251 e. The molecule has 1 aliphatic rings. The lowest BCUT2D eigenvalue weighted by atomic mass is 10.0. The fourth-order valence-corrected chi connectivity index (χ4v) is 2.56. The number of rotatable bonds is 4. The van der Waals surface area contributed by atoms with Crippen LogP contribution in [-0.2, 0) is 0 Å². The van der Waals surface area contributed by atoms with Gasteiger partial charge in [-0.3, -0.25) is 4.79 Å². The first-order chi connectivity index (χ1) is 9.08. The monoisotopic (exact) mass is 263 g/mol. The highest BCUT2D eigenvalue weighted by Gasteiger charge is 2.23. The second-order valence-corrected chi connectivity index (χ2v) is 5.32. The second-order valence-electron chi connectivity index (χ2n) is 5.32. The number of aryl methyl sites for hydroxylation is 1. The van der Waals surface area contributed by atoms with Gasteiger partial charge >= 0.3 is 0 Å². The van der Waals surface area contributed by atoms with Crippen molar-refractivity contribution >= 4 is 5.91 Å². The van der Waals surface area contributed by atoms with Crippen LogP contribution >= 0.6 is 0 Å². The Labute approximate surface area is 113 Å². The molecule has 3 N–H and O–H groups in total. The van der Waals surface area contributed by atoms with Gasteiger partial charge in [0.05, 0.1) is 6.10 Å². The summed E-state index contributed by atoms with van der Waals surface area (Å²) < 4.78 is 0. The van der Waals surface area contributed by atoms with Crippen LogP contribution in [0.3, 0.4) is 0 Å². The molecule has 0 saturated heterocycles. The molecule has 1 atom stereocenters. The largest absolute Gasteiger partial charge is 0.508 e. The predicted molar refractivity (Wildman–Crippen MR) is 73.1 cm³/mol. The lowest BCUT2D eigenvalue weighted by molar-refractivity contribution is 0.0840. The van der Waals surface area contributed by atoms with Crippen LogP contribution in [0.25, 0.3) is 0 Å². The zero-order valence-corrected chi connectivity index (χ0v) is 11.2. The van der Waals surface area contributed by atoms with Gasteiger partial charge in [0.25, 0.3) is 5.91 Å². The normalized spacial score (nSPS) is 17.4.